The van der Waals surface area contributed by atoms with Crippen LogP contribution in [0.4, 0.5) is 0 Å². The van der Waals surface area contributed by atoms with E-state index in [0.29, 0.717) is 21.9 Å². The number of hydrazone groups is 1. The Balaban J connectivity index is 1.38. The molecule has 0 radical (unpaired) electrons. The lowest BCUT2D eigenvalue weighted by Gasteiger charge is -2.06. The number of amides is 1. The first-order valence-corrected chi connectivity index (χ1v) is 10.4. The number of halogens is 2. The summed E-state index contributed by atoms with van der Waals surface area (Å²) in [4.78, 5) is 24.7. The van der Waals surface area contributed by atoms with E-state index in [2.05, 4.69) is 10.5 Å². The lowest BCUT2D eigenvalue weighted by atomic mass is 10.0. The zero-order valence-corrected chi connectivity index (χ0v) is 18.1. The first-order valence-electron chi connectivity index (χ1n) is 9.60. The molecular formula is C25H16Cl2N2O3. The van der Waals surface area contributed by atoms with E-state index in [4.69, 9.17) is 27.9 Å². The third-order valence-electron chi connectivity index (χ3n) is 4.66. The normalized spacial score (nSPS) is 10.9. The van der Waals surface area contributed by atoms with Crippen LogP contribution in [0.5, 0.6) is 5.75 Å². The van der Waals surface area contributed by atoms with E-state index in [1.165, 1.54) is 24.4 Å². The van der Waals surface area contributed by atoms with Crippen LogP contribution in [0.15, 0.2) is 90.0 Å². The largest absolute Gasteiger partial charge is 0.423 e. The van der Waals surface area contributed by atoms with Crippen molar-refractivity contribution in [1.29, 1.82) is 0 Å². The molecule has 0 aliphatic carbocycles. The van der Waals surface area contributed by atoms with Crippen LogP contribution in [0.2, 0.25) is 10.0 Å². The molecule has 32 heavy (non-hydrogen) atoms. The summed E-state index contributed by atoms with van der Waals surface area (Å²) >= 11 is 11.8. The molecule has 0 aliphatic rings. The third kappa shape index (κ3) is 4.97. The number of nitrogens with zero attached hydrogens (tertiary/aromatic N) is 1. The number of fused-ring (bicyclic) bond motifs is 1. The maximum Gasteiger partial charge on any atom is 0.343 e. The Bertz CT molecular complexity index is 1330. The maximum absolute atomic E-state index is 12.5. The van der Waals surface area contributed by atoms with Crippen molar-refractivity contribution in [3.05, 3.63) is 112 Å². The quantitative estimate of drug-likeness (QED) is 0.168. The van der Waals surface area contributed by atoms with Gasteiger partial charge in [0.05, 0.1) is 21.8 Å². The van der Waals surface area contributed by atoms with E-state index in [9.17, 15) is 9.59 Å². The minimum atomic E-state index is -0.549. The third-order valence-corrected chi connectivity index (χ3v) is 5.40. The van der Waals surface area contributed by atoms with Crippen LogP contribution < -0.4 is 10.2 Å². The number of rotatable bonds is 5. The molecular weight excluding hydrogens is 447 g/mol. The lowest BCUT2D eigenvalue weighted by molar-refractivity contribution is 0.0734. The van der Waals surface area contributed by atoms with Crippen LogP contribution in [0.25, 0.3) is 10.8 Å². The minimum Gasteiger partial charge on any atom is -0.423 e. The van der Waals surface area contributed by atoms with Crippen molar-refractivity contribution in [3.63, 3.8) is 0 Å². The Labute approximate surface area is 194 Å². The lowest BCUT2D eigenvalue weighted by Crippen LogP contribution is -2.17. The number of carbonyl (C=O) groups is 2. The van der Waals surface area contributed by atoms with Gasteiger partial charge in [-0.3, -0.25) is 4.79 Å². The highest BCUT2D eigenvalue weighted by molar-refractivity contribution is 6.42. The van der Waals surface area contributed by atoms with Crippen LogP contribution in [0.1, 0.15) is 26.3 Å². The van der Waals surface area contributed by atoms with E-state index in [-0.39, 0.29) is 10.9 Å². The van der Waals surface area contributed by atoms with Gasteiger partial charge in [0.2, 0.25) is 0 Å². The van der Waals surface area contributed by atoms with Gasteiger partial charge in [-0.25, -0.2) is 10.2 Å². The van der Waals surface area contributed by atoms with Crippen molar-refractivity contribution >= 4 is 52.1 Å². The Morgan fingerprint density at radius 2 is 1.59 bits per heavy atom. The molecule has 4 aromatic carbocycles. The Hall–Kier alpha value is -3.67. The maximum atomic E-state index is 12.5. The zero-order chi connectivity index (χ0) is 22.5. The van der Waals surface area contributed by atoms with Gasteiger partial charge < -0.3 is 4.74 Å². The fourth-order valence-corrected chi connectivity index (χ4v) is 3.36. The van der Waals surface area contributed by atoms with E-state index < -0.39 is 5.97 Å². The molecule has 0 spiro atoms. The van der Waals surface area contributed by atoms with Gasteiger partial charge in [-0.05, 0) is 64.9 Å². The average molecular weight is 463 g/mol. The van der Waals surface area contributed by atoms with Crippen LogP contribution >= 0.6 is 23.2 Å². The molecule has 4 aromatic rings. The van der Waals surface area contributed by atoms with Gasteiger partial charge in [-0.2, -0.15) is 5.10 Å². The molecule has 0 atom stereocenters. The number of hydrogen-bond acceptors (Lipinski definition) is 4. The van der Waals surface area contributed by atoms with Gasteiger partial charge in [-0.1, -0.05) is 59.6 Å². The molecule has 0 saturated carbocycles. The van der Waals surface area contributed by atoms with Crippen molar-refractivity contribution in [2.75, 3.05) is 0 Å². The monoisotopic (exact) mass is 462 g/mol. The highest BCUT2D eigenvalue weighted by atomic mass is 35.5. The summed E-state index contributed by atoms with van der Waals surface area (Å²) in [7, 11) is 0. The predicted octanol–water partition coefficient (Wildman–Crippen LogP) is 6.13. The number of benzene rings is 4. The summed E-state index contributed by atoms with van der Waals surface area (Å²) in [5, 5.41) is 6.50. The van der Waals surface area contributed by atoms with E-state index in [0.717, 1.165) is 16.3 Å². The highest BCUT2D eigenvalue weighted by Crippen LogP contribution is 2.23. The Morgan fingerprint density at radius 3 is 2.38 bits per heavy atom. The molecule has 0 aliphatic heterocycles. The van der Waals surface area contributed by atoms with Crippen molar-refractivity contribution in [2.24, 2.45) is 5.10 Å². The van der Waals surface area contributed by atoms with Crippen LogP contribution in [0, 0.1) is 0 Å². The average Bonchev–Trinajstić information content (AvgIpc) is 2.81. The first kappa shape index (κ1) is 21.6. The summed E-state index contributed by atoms with van der Waals surface area (Å²) in [6.07, 6.45) is 1.51. The smallest absolute Gasteiger partial charge is 0.343 e. The standard InChI is InChI=1S/C25H16Cl2N2O3/c26-22-13-10-18(14-23(22)27)25(31)32-19-11-8-16(9-12-19)15-28-29-24(30)21-7-3-5-17-4-1-2-6-20(17)21/h1-15H,(H,29,30)/b28-15-. The first-order chi connectivity index (χ1) is 15.5. The molecule has 0 heterocycles. The fraction of sp³-hybridized carbons (Fsp3) is 0. The molecule has 158 valence electrons. The van der Waals surface area contributed by atoms with Gasteiger partial charge in [0.1, 0.15) is 5.75 Å². The van der Waals surface area contributed by atoms with Crippen molar-refractivity contribution in [3.8, 4) is 5.75 Å². The number of esters is 1. The fourth-order valence-electron chi connectivity index (χ4n) is 3.06. The predicted molar refractivity (Wildman–Crippen MR) is 127 cm³/mol. The second-order valence-electron chi connectivity index (χ2n) is 6.81. The number of carbonyl (C=O) groups excluding carboxylic acids is 2. The molecule has 4 rings (SSSR count). The molecule has 0 unspecified atom stereocenters. The Morgan fingerprint density at radius 1 is 0.844 bits per heavy atom. The van der Waals surface area contributed by atoms with Crippen LogP contribution in [0.3, 0.4) is 0 Å². The highest BCUT2D eigenvalue weighted by Gasteiger charge is 2.11. The number of nitrogens with one attached hydrogen (secondary N) is 1. The molecule has 1 amide bonds. The molecule has 5 nitrogen and oxygen atoms in total. The summed E-state index contributed by atoms with van der Waals surface area (Å²) in [6, 6.07) is 24.4. The summed E-state index contributed by atoms with van der Waals surface area (Å²) in [5.74, 6) is -0.490. The van der Waals surface area contributed by atoms with Crippen LogP contribution in [-0.4, -0.2) is 18.1 Å². The second kappa shape index (κ2) is 9.64. The van der Waals surface area contributed by atoms with Gasteiger partial charge in [0.25, 0.3) is 5.91 Å². The van der Waals surface area contributed by atoms with Crippen molar-refractivity contribution < 1.29 is 14.3 Å². The molecule has 1 N–H and O–H groups in total. The van der Waals surface area contributed by atoms with Gasteiger partial charge >= 0.3 is 5.97 Å². The van der Waals surface area contributed by atoms with Gasteiger partial charge in [0, 0.05) is 5.56 Å². The molecule has 7 heteroatoms. The molecule has 0 aromatic heterocycles. The number of ether oxygens (including phenoxy) is 1. The van der Waals surface area contributed by atoms with Crippen LogP contribution in [-0.2, 0) is 0 Å². The summed E-state index contributed by atoms with van der Waals surface area (Å²) in [5.41, 5.74) is 4.10. The van der Waals surface area contributed by atoms with Gasteiger partial charge in [-0.15, -0.1) is 0 Å². The van der Waals surface area contributed by atoms with Gasteiger partial charge in [0.15, 0.2) is 0 Å². The summed E-state index contributed by atoms with van der Waals surface area (Å²) in [6.45, 7) is 0. The van der Waals surface area contributed by atoms with E-state index in [1.54, 1.807) is 30.3 Å². The second-order valence-corrected chi connectivity index (χ2v) is 7.63. The molecule has 0 fully saturated rings. The SMILES string of the molecule is O=C(Oc1ccc(/C=N\NC(=O)c2cccc3ccccc23)cc1)c1ccc(Cl)c(Cl)c1. The summed E-state index contributed by atoms with van der Waals surface area (Å²) < 4.78 is 5.34. The number of hydrogen-bond donors (Lipinski definition) is 1. The molecule has 0 saturated heterocycles. The topological polar surface area (TPSA) is 67.8 Å². The minimum absolute atomic E-state index is 0.276. The van der Waals surface area contributed by atoms with E-state index in [1.807, 2.05) is 36.4 Å². The Kier molecular flexibility index (Phi) is 6.50. The zero-order valence-electron chi connectivity index (χ0n) is 16.6. The van der Waals surface area contributed by atoms with Crippen molar-refractivity contribution in [2.45, 2.75) is 0 Å². The molecule has 0 bridgehead atoms. The van der Waals surface area contributed by atoms with Crippen molar-refractivity contribution in [1.82, 2.24) is 5.43 Å². The van der Waals surface area contributed by atoms with E-state index >= 15 is 0 Å².